The van der Waals surface area contributed by atoms with Gasteiger partial charge in [0.2, 0.25) is 0 Å². The molecule has 0 fully saturated rings. The Morgan fingerprint density at radius 2 is 1.76 bits per heavy atom. The van der Waals surface area contributed by atoms with Gasteiger partial charge >= 0.3 is 0 Å². The van der Waals surface area contributed by atoms with Crippen LogP contribution in [-0.2, 0) is 4.79 Å². The summed E-state index contributed by atoms with van der Waals surface area (Å²) >= 11 is 0. The van der Waals surface area contributed by atoms with E-state index in [0.717, 1.165) is 11.1 Å². The summed E-state index contributed by atoms with van der Waals surface area (Å²) in [6.07, 6.45) is 1.47. The second-order valence-corrected chi connectivity index (χ2v) is 6.10. The van der Waals surface area contributed by atoms with Crippen LogP contribution in [0.15, 0.2) is 77.9 Å². The first-order chi connectivity index (χ1) is 14.2. The molecule has 0 unspecified atom stereocenters. The van der Waals surface area contributed by atoms with E-state index in [1.54, 1.807) is 12.1 Å². The van der Waals surface area contributed by atoms with E-state index in [2.05, 4.69) is 10.5 Å². The Kier molecular flexibility index (Phi) is 6.84. The average Bonchev–Trinajstić information content (AvgIpc) is 2.75. The van der Waals surface area contributed by atoms with Gasteiger partial charge in [-0.15, -0.1) is 0 Å². The van der Waals surface area contributed by atoms with Gasteiger partial charge in [0.05, 0.1) is 12.8 Å². The minimum atomic E-state index is -0.382. The van der Waals surface area contributed by atoms with Crippen molar-refractivity contribution in [3.05, 3.63) is 78.4 Å². The molecule has 0 aliphatic carbocycles. The number of carbonyl (C=O) groups is 1. The minimum Gasteiger partial charge on any atom is -0.504 e. The Labute approximate surface area is 169 Å². The number of carbonyl (C=O) groups excluding carboxylic acids is 1. The minimum absolute atomic E-state index is 0.0542. The number of benzene rings is 3. The molecule has 3 aromatic rings. The molecular formula is C23H22N2O4. The Morgan fingerprint density at radius 3 is 2.55 bits per heavy atom. The summed E-state index contributed by atoms with van der Waals surface area (Å²) in [4.78, 5) is 12.1. The molecule has 3 aromatic carbocycles. The Hall–Kier alpha value is -3.80. The number of nitrogens with zero attached hydrogens (tertiary/aromatic N) is 1. The fourth-order valence-electron chi connectivity index (χ4n) is 2.69. The van der Waals surface area contributed by atoms with Gasteiger partial charge in [-0.3, -0.25) is 4.79 Å². The largest absolute Gasteiger partial charge is 0.504 e. The molecule has 0 bridgehead atoms. The van der Waals surface area contributed by atoms with Crippen LogP contribution in [0.5, 0.6) is 17.2 Å². The summed E-state index contributed by atoms with van der Waals surface area (Å²) in [5.41, 5.74) is 5.04. The van der Waals surface area contributed by atoms with Gasteiger partial charge in [-0.25, -0.2) is 5.43 Å². The van der Waals surface area contributed by atoms with Gasteiger partial charge in [0.1, 0.15) is 5.75 Å². The van der Waals surface area contributed by atoms with Crippen molar-refractivity contribution in [2.75, 3.05) is 13.2 Å². The lowest BCUT2D eigenvalue weighted by Crippen LogP contribution is -2.24. The SMILES string of the molecule is CCOc1cc(/C=N/NC(=O)COc2ccccc2-c2ccccc2)ccc1O. The molecule has 6 heteroatoms. The van der Waals surface area contributed by atoms with Gasteiger partial charge in [-0.1, -0.05) is 48.5 Å². The fraction of sp³-hybridized carbons (Fsp3) is 0.130. The van der Waals surface area contributed by atoms with Crippen molar-refractivity contribution in [1.82, 2.24) is 5.43 Å². The van der Waals surface area contributed by atoms with Crippen LogP contribution >= 0.6 is 0 Å². The Balaban J connectivity index is 1.57. The van der Waals surface area contributed by atoms with Gasteiger partial charge in [-0.2, -0.15) is 5.10 Å². The zero-order valence-electron chi connectivity index (χ0n) is 16.0. The summed E-state index contributed by atoms with van der Waals surface area (Å²) in [7, 11) is 0. The van der Waals surface area contributed by atoms with Crippen LogP contribution in [-0.4, -0.2) is 30.4 Å². The molecule has 0 heterocycles. The molecule has 0 spiro atoms. The standard InChI is InChI=1S/C23H22N2O4/c1-2-28-22-14-17(12-13-20(22)26)15-24-25-23(27)16-29-21-11-7-6-10-19(21)18-8-4-3-5-9-18/h3-15,26H,2,16H2,1H3,(H,25,27)/b24-15+. The van der Waals surface area contributed by atoms with Crippen molar-refractivity contribution < 1.29 is 19.4 Å². The third-order valence-electron chi connectivity index (χ3n) is 4.02. The predicted molar refractivity (Wildman–Crippen MR) is 112 cm³/mol. The van der Waals surface area contributed by atoms with Crippen LogP contribution in [0, 0.1) is 0 Å². The summed E-state index contributed by atoms with van der Waals surface area (Å²) in [6, 6.07) is 22.2. The highest BCUT2D eigenvalue weighted by atomic mass is 16.5. The molecule has 0 radical (unpaired) electrons. The number of phenolic OH excluding ortho intramolecular Hbond substituents is 1. The quantitative estimate of drug-likeness (QED) is 0.450. The van der Waals surface area contributed by atoms with Crippen molar-refractivity contribution in [3.8, 4) is 28.4 Å². The normalized spacial score (nSPS) is 10.7. The van der Waals surface area contributed by atoms with Crippen LogP contribution in [0.25, 0.3) is 11.1 Å². The highest BCUT2D eigenvalue weighted by Crippen LogP contribution is 2.29. The smallest absolute Gasteiger partial charge is 0.277 e. The highest BCUT2D eigenvalue weighted by Gasteiger charge is 2.08. The van der Waals surface area contributed by atoms with E-state index in [-0.39, 0.29) is 18.3 Å². The molecular weight excluding hydrogens is 368 g/mol. The summed E-state index contributed by atoms with van der Waals surface area (Å²) in [5, 5.41) is 13.6. The molecule has 1 amide bonds. The molecule has 2 N–H and O–H groups in total. The fourth-order valence-corrected chi connectivity index (χ4v) is 2.69. The number of hydrogen-bond acceptors (Lipinski definition) is 5. The van der Waals surface area contributed by atoms with Crippen LogP contribution in [0.4, 0.5) is 0 Å². The van der Waals surface area contributed by atoms with Crippen LogP contribution in [0.3, 0.4) is 0 Å². The second-order valence-electron chi connectivity index (χ2n) is 6.10. The number of amides is 1. The maximum absolute atomic E-state index is 12.1. The van der Waals surface area contributed by atoms with E-state index in [1.165, 1.54) is 12.3 Å². The van der Waals surface area contributed by atoms with Crippen molar-refractivity contribution in [3.63, 3.8) is 0 Å². The zero-order chi connectivity index (χ0) is 20.5. The maximum Gasteiger partial charge on any atom is 0.277 e. The van der Waals surface area contributed by atoms with E-state index in [4.69, 9.17) is 9.47 Å². The molecule has 148 valence electrons. The third-order valence-corrected chi connectivity index (χ3v) is 4.02. The molecule has 0 aliphatic rings. The Morgan fingerprint density at radius 1 is 1.00 bits per heavy atom. The van der Waals surface area contributed by atoms with Crippen molar-refractivity contribution in [2.24, 2.45) is 5.10 Å². The lowest BCUT2D eigenvalue weighted by Gasteiger charge is -2.11. The second kappa shape index (κ2) is 9.94. The van der Waals surface area contributed by atoms with E-state index in [9.17, 15) is 9.90 Å². The van der Waals surface area contributed by atoms with Crippen LogP contribution in [0.2, 0.25) is 0 Å². The zero-order valence-corrected chi connectivity index (χ0v) is 16.0. The first-order valence-electron chi connectivity index (χ1n) is 9.22. The molecule has 0 saturated carbocycles. The number of rotatable bonds is 8. The van der Waals surface area contributed by atoms with Crippen molar-refractivity contribution in [2.45, 2.75) is 6.92 Å². The summed E-state index contributed by atoms with van der Waals surface area (Å²) in [5.74, 6) is 0.660. The van der Waals surface area contributed by atoms with Crippen LogP contribution in [0.1, 0.15) is 12.5 Å². The van der Waals surface area contributed by atoms with E-state index >= 15 is 0 Å². The molecule has 3 rings (SSSR count). The number of phenols is 1. The number of hydrogen-bond donors (Lipinski definition) is 2. The summed E-state index contributed by atoms with van der Waals surface area (Å²) < 4.78 is 11.0. The number of para-hydroxylation sites is 1. The van der Waals surface area contributed by atoms with Gasteiger partial charge < -0.3 is 14.6 Å². The lowest BCUT2D eigenvalue weighted by molar-refractivity contribution is -0.123. The highest BCUT2D eigenvalue weighted by molar-refractivity contribution is 5.84. The molecule has 0 aliphatic heterocycles. The monoisotopic (exact) mass is 390 g/mol. The van der Waals surface area contributed by atoms with Gasteiger partial charge in [0.25, 0.3) is 5.91 Å². The lowest BCUT2D eigenvalue weighted by atomic mass is 10.1. The molecule has 0 aromatic heterocycles. The van der Waals surface area contributed by atoms with E-state index < -0.39 is 0 Å². The van der Waals surface area contributed by atoms with Crippen LogP contribution < -0.4 is 14.9 Å². The summed E-state index contributed by atoms with van der Waals surface area (Å²) in [6.45, 7) is 2.10. The third kappa shape index (κ3) is 5.59. The molecule has 29 heavy (non-hydrogen) atoms. The van der Waals surface area contributed by atoms with Crippen molar-refractivity contribution in [1.29, 1.82) is 0 Å². The predicted octanol–water partition coefficient (Wildman–Crippen LogP) is 3.99. The van der Waals surface area contributed by atoms with Crippen molar-refractivity contribution >= 4 is 12.1 Å². The first kappa shape index (κ1) is 19.9. The van der Waals surface area contributed by atoms with E-state index in [1.807, 2.05) is 61.5 Å². The number of hydrazone groups is 1. The number of nitrogens with one attached hydrogen (secondary N) is 1. The Bertz CT molecular complexity index is 987. The van der Waals surface area contributed by atoms with E-state index in [0.29, 0.717) is 23.7 Å². The first-order valence-corrected chi connectivity index (χ1v) is 9.22. The number of aromatic hydroxyl groups is 1. The number of ether oxygens (including phenoxy) is 2. The van der Waals surface area contributed by atoms with Gasteiger partial charge in [0.15, 0.2) is 18.1 Å². The van der Waals surface area contributed by atoms with Gasteiger partial charge in [-0.05, 0) is 42.3 Å². The molecule has 0 atom stereocenters. The molecule has 6 nitrogen and oxygen atoms in total. The molecule has 0 saturated heterocycles. The maximum atomic E-state index is 12.1. The average molecular weight is 390 g/mol. The van der Waals surface area contributed by atoms with Gasteiger partial charge in [0, 0.05) is 5.56 Å². The topological polar surface area (TPSA) is 80.2 Å².